The molecule has 0 aliphatic carbocycles. The van der Waals surface area contributed by atoms with E-state index in [1.807, 2.05) is 0 Å². The normalized spacial score (nSPS) is 11.5. The van der Waals surface area contributed by atoms with Crippen LogP contribution in [0.2, 0.25) is 0 Å². The van der Waals surface area contributed by atoms with E-state index in [2.05, 4.69) is 25.3 Å². The van der Waals surface area contributed by atoms with E-state index >= 15 is 0 Å². The summed E-state index contributed by atoms with van der Waals surface area (Å²) in [7, 11) is -3.85. The second-order valence-electron chi connectivity index (χ2n) is 3.76. The molecule has 0 saturated heterocycles. The predicted octanol–water partition coefficient (Wildman–Crippen LogP) is -0.419. The summed E-state index contributed by atoms with van der Waals surface area (Å²) in [4.78, 5) is 13.9. The van der Waals surface area contributed by atoms with Crippen molar-refractivity contribution in [1.82, 2.24) is 19.9 Å². The van der Waals surface area contributed by atoms with Gasteiger partial charge in [0.2, 0.25) is 10.0 Å². The highest BCUT2D eigenvalue weighted by Crippen LogP contribution is 2.36. The molecular weight excluding hydrogens is 322 g/mol. The topological polar surface area (TPSA) is 169 Å². The van der Waals surface area contributed by atoms with Crippen LogP contribution in [-0.4, -0.2) is 35.1 Å². The lowest BCUT2D eigenvalue weighted by atomic mass is 10.4. The average Bonchev–Trinajstić information content (AvgIpc) is 3.07. The van der Waals surface area contributed by atoms with Gasteiger partial charge in [0.15, 0.2) is 5.00 Å². The number of rotatable bonds is 7. The quantitative estimate of drug-likeness (QED) is 0.301. The van der Waals surface area contributed by atoms with Gasteiger partial charge in [0, 0.05) is 19.0 Å². The minimum absolute atomic E-state index is 0.0318. The minimum atomic E-state index is -3.85. The number of aromatic nitrogens is 3. The number of nitrogens with zero attached hydrogens (tertiary/aromatic N) is 3. The van der Waals surface area contributed by atoms with E-state index in [0.717, 1.165) is 6.07 Å². The lowest BCUT2D eigenvalue weighted by Crippen LogP contribution is -2.25. The second kappa shape index (κ2) is 6.13. The number of nitrogens with two attached hydrogens (primary N) is 1. The van der Waals surface area contributed by atoms with Gasteiger partial charge in [-0.2, -0.15) is 5.10 Å². The molecule has 0 unspecified atom stereocenters. The standard InChI is InChI=1S/C8H11N7O4S2/c9-13-8-5(15(16)17)3-7(20-8)21(18,19)12-2-1-6-10-4-11-14-6/h3-4,12-13H,1-2,9H2,(H,10,11,14). The number of thiophene rings is 1. The van der Waals surface area contributed by atoms with Crippen LogP contribution in [-0.2, 0) is 16.4 Å². The summed E-state index contributed by atoms with van der Waals surface area (Å²) in [5.41, 5.74) is 1.72. The number of nitrogens with one attached hydrogen (secondary N) is 3. The second-order valence-corrected chi connectivity index (χ2v) is 6.81. The summed E-state index contributed by atoms with van der Waals surface area (Å²) in [6, 6.07) is 0.955. The third-order valence-corrected chi connectivity index (χ3v) is 5.39. The lowest BCUT2D eigenvalue weighted by molar-refractivity contribution is -0.383. The fourth-order valence-corrected chi connectivity index (χ4v) is 3.77. The van der Waals surface area contributed by atoms with E-state index in [4.69, 9.17) is 5.84 Å². The molecule has 2 aromatic heterocycles. The van der Waals surface area contributed by atoms with Crippen LogP contribution in [0.1, 0.15) is 5.82 Å². The van der Waals surface area contributed by atoms with Crippen LogP contribution in [0.15, 0.2) is 16.6 Å². The van der Waals surface area contributed by atoms with Crippen molar-refractivity contribution in [1.29, 1.82) is 0 Å². The molecule has 0 amide bonds. The molecule has 2 rings (SSSR count). The molecule has 0 saturated carbocycles. The first-order valence-corrected chi connectivity index (χ1v) is 7.82. The number of nitro groups is 1. The van der Waals surface area contributed by atoms with Gasteiger partial charge in [-0.3, -0.25) is 15.2 Å². The zero-order chi connectivity index (χ0) is 15.5. The van der Waals surface area contributed by atoms with E-state index in [9.17, 15) is 18.5 Å². The van der Waals surface area contributed by atoms with Gasteiger partial charge < -0.3 is 5.43 Å². The molecule has 5 N–H and O–H groups in total. The van der Waals surface area contributed by atoms with Crippen LogP contribution in [0.4, 0.5) is 10.7 Å². The third kappa shape index (κ3) is 3.52. The maximum atomic E-state index is 12.0. The Balaban J connectivity index is 2.10. The molecule has 0 radical (unpaired) electrons. The lowest BCUT2D eigenvalue weighted by Gasteiger charge is -2.02. The van der Waals surface area contributed by atoms with E-state index in [1.165, 1.54) is 6.33 Å². The highest BCUT2D eigenvalue weighted by Gasteiger charge is 2.25. The molecule has 2 heterocycles. The summed E-state index contributed by atoms with van der Waals surface area (Å²) >= 11 is 0.679. The Morgan fingerprint density at radius 1 is 1.52 bits per heavy atom. The van der Waals surface area contributed by atoms with Crippen LogP contribution in [0, 0.1) is 10.1 Å². The molecule has 0 aromatic carbocycles. The van der Waals surface area contributed by atoms with Gasteiger partial charge in [-0.05, 0) is 0 Å². The Hall–Kier alpha value is -2.09. The zero-order valence-corrected chi connectivity index (χ0v) is 12.1. The van der Waals surface area contributed by atoms with Crippen molar-refractivity contribution >= 4 is 32.0 Å². The molecule has 0 aliphatic heterocycles. The van der Waals surface area contributed by atoms with Crippen LogP contribution in [0.3, 0.4) is 0 Å². The summed E-state index contributed by atoms with van der Waals surface area (Å²) in [5.74, 6) is 5.66. The highest BCUT2D eigenvalue weighted by atomic mass is 32.2. The molecule has 13 heteroatoms. The number of nitrogen functional groups attached to an aromatic ring is 1. The molecule has 0 spiro atoms. The summed E-state index contributed by atoms with van der Waals surface area (Å²) in [6.07, 6.45) is 1.63. The Labute approximate surface area is 122 Å². The number of hydrogen-bond donors (Lipinski definition) is 4. The number of aromatic amines is 1. The molecule has 0 aliphatic rings. The molecule has 0 atom stereocenters. The molecule has 11 nitrogen and oxygen atoms in total. The number of hydrogen-bond acceptors (Lipinski definition) is 9. The van der Waals surface area contributed by atoms with Crippen LogP contribution >= 0.6 is 11.3 Å². The van der Waals surface area contributed by atoms with Crippen molar-refractivity contribution in [3.05, 3.63) is 28.3 Å². The first kappa shape index (κ1) is 15.3. The monoisotopic (exact) mass is 333 g/mol. The summed E-state index contributed by atoms with van der Waals surface area (Å²) in [5, 5.41) is 17.0. The minimum Gasteiger partial charge on any atom is -0.310 e. The smallest absolute Gasteiger partial charge is 0.306 e. The zero-order valence-electron chi connectivity index (χ0n) is 10.4. The largest absolute Gasteiger partial charge is 0.310 e. The van der Waals surface area contributed by atoms with Crippen LogP contribution in [0.25, 0.3) is 0 Å². The van der Waals surface area contributed by atoms with Gasteiger partial charge >= 0.3 is 5.69 Å². The van der Waals surface area contributed by atoms with E-state index in [0.29, 0.717) is 23.6 Å². The van der Waals surface area contributed by atoms with Crippen molar-refractivity contribution < 1.29 is 13.3 Å². The molecule has 21 heavy (non-hydrogen) atoms. The van der Waals surface area contributed by atoms with Crippen molar-refractivity contribution in [3.8, 4) is 0 Å². The Kier molecular flexibility index (Phi) is 4.46. The fraction of sp³-hybridized carbons (Fsp3) is 0.250. The summed E-state index contributed by atoms with van der Waals surface area (Å²) < 4.78 is 26.2. The van der Waals surface area contributed by atoms with Gasteiger partial charge in [-0.1, -0.05) is 11.3 Å². The Bertz CT molecular complexity index is 724. The Morgan fingerprint density at radius 3 is 2.81 bits per heavy atom. The highest BCUT2D eigenvalue weighted by molar-refractivity contribution is 7.91. The average molecular weight is 333 g/mol. The Morgan fingerprint density at radius 2 is 2.29 bits per heavy atom. The molecule has 2 aromatic rings. The van der Waals surface area contributed by atoms with Gasteiger partial charge in [-0.25, -0.2) is 24.0 Å². The van der Waals surface area contributed by atoms with Crippen molar-refractivity contribution in [3.63, 3.8) is 0 Å². The van der Waals surface area contributed by atoms with E-state index in [-0.39, 0.29) is 15.8 Å². The maximum Gasteiger partial charge on any atom is 0.306 e. The number of H-pyrrole nitrogens is 1. The van der Waals surface area contributed by atoms with Gasteiger partial charge in [0.25, 0.3) is 0 Å². The predicted molar refractivity (Wildman–Crippen MR) is 74.1 cm³/mol. The first-order valence-electron chi connectivity index (χ1n) is 5.53. The van der Waals surface area contributed by atoms with Crippen LogP contribution < -0.4 is 16.0 Å². The fourth-order valence-electron chi connectivity index (χ4n) is 1.46. The maximum absolute atomic E-state index is 12.0. The molecule has 0 fully saturated rings. The van der Waals surface area contributed by atoms with Crippen molar-refractivity contribution in [2.24, 2.45) is 5.84 Å². The van der Waals surface area contributed by atoms with E-state index < -0.39 is 20.6 Å². The molecule has 0 bridgehead atoms. The van der Waals surface area contributed by atoms with E-state index in [1.54, 1.807) is 0 Å². The molecular formula is C8H11N7O4S2. The number of hydrazine groups is 1. The van der Waals surface area contributed by atoms with Crippen LogP contribution in [0.5, 0.6) is 0 Å². The number of anilines is 1. The number of sulfonamides is 1. The first-order chi connectivity index (χ1) is 9.94. The van der Waals surface area contributed by atoms with Crippen molar-refractivity contribution in [2.75, 3.05) is 12.0 Å². The SMILES string of the molecule is NNc1sc(S(=O)(=O)NCCc2ncn[nH]2)cc1[N+](=O)[O-]. The van der Waals surface area contributed by atoms with Gasteiger partial charge in [-0.15, -0.1) is 0 Å². The molecule has 114 valence electrons. The van der Waals surface area contributed by atoms with Crippen molar-refractivity contribution in [2.45, 2.75) is 10.6 Å². The summed E-state index contributed by atoms with van der Waals surface area (Å²) in [6.45, 7) is 0.0780. The van der Waals surface area contributed by atoms with Gasteiger partial charge in [0.05, 0.1) is 4.92 Å². The van der Waals surface area contributed by atoms with Gasteiger partial charge in [0.1, 0.15) is 16.4 Å². The third-order valence-electron chi connectivity index (χ3n) is 2.40.